The summed E-state index contributed by atoms with van der Waals surface area (Å²) >= 11 is 0. The fourth-order valence-electron chi connectivity index (χ4n) is 3.15. The number of ether oxygens (including phenoxy) is 1. The molecule has 0 saturated heterocycles. The highest BCUT2D eigenvalue weighted by atomic mass is 16.5. The normalized spacial score (nSPS) is 12.5. The SMILES string of the molecule is C=Cc1ccc(COCC(N)C(O)(c2ccccc2)c2ccccc2)cc1. The third-order valence-electron chi connectivity index (χ3n) is 4.75. The van der Waals surface area contributed by atoms with Crippen LogP contribution in [0.4, 0.5) is 0 Å². The van der Waals surface area contributed by atoms with Crippen LogP contribution in [0.1, 0.15) is 22.3 Å². The van der Waals surface area contributed by atoms with Gasteiger partial charge < -0.3 is 15.6 Å². The first kappa shape index (κ1) is 19.1. The first-order valence-corrected chi connectivity index (χ1v) is 9.02. The number of aliphatic hydroxyl groups is 1. The molecule has 1 unspecified atom stereocenters. The second-order valence-electron chi connectivity index (χ2n) is 6.57. The first-order valence-electron chi connectivity index (χ1n) is 9.02. The van der Waals surface area contributed by atoms with Gasteiger partial charge in [-0.3, -0.25) is 0 Å². The van der Waals surface area contributed by atoms with E-state index < -0.39 is 11.6 Å². The Bertz CT molecular complexity index is 805. The van der Waals surface area contributed by atoms with Crippen LogP contribution in [0.5, 0.6) is 0 Å². The summed E-state index contributed by atoms with van der Waals surface area (Å²) in [5, 5.41) is 11.6. The maximum atomic E-state index is 11.6. The minimum atomic E-state index is -1.32. The standard InChI is InChI=1S/C24H25NO2/c1-2-19-13-15-20(16-14-19)17-27-18-23(25)24(26,21-9-5-3-6-10-21)22-11-7-4-8-12-22/h2-16,23,26H,1,17-18,25H2. The van der Waals surface area contributed by atoms with E-state index in [4.69, 9.17) is 10.5 Å². The third-order valence-corrected chi connectivity index (χ3v) is 4.75. The predicted octanol–water partition coefficient (Wildman–Crippen LogP) is 4.11. The van der Waals surface area contributed by atoms with Crippen LogP contribution in [0.2, 0.25) is 0 Å². The van der Waals surface area contributed by atoms with Gasteiger partial charge >= 0.3 is 0 Å². The van der Waals surface area contributed by atoms with Crippen molar-refractivity contribution >= 4 is 6.08 Å². The Balaban J connectivity index is 1.75. The van der Waals surface area contributed by atoms with Crippen molar-refractivity contribution in [3.63, 3.8) is 0 Å². The second kappa shape index (κ2) is 8.78. The van der Waals surface area contributed by atoms with Crippen molar-refractivity contribution in [2.75, 3.05) is 6.61 Å². The highest BCUT2D eigenvalue weighted by Gasteiger charge is 2.38. The van der Waals surface area contributed by atoms with Crippen molar-refractivity contribution in [3.05, 3.63) is 114 Å². The van der Waals surface area contributed by atoms with Crippen LogP contribution in [-0.4, -0.2) is 17.8 Å². The number of hydrogen-bond donors (Lipinski definition) is 2. The maximum Gasteiger partial charge on any atom is 0.132 e. The molecule has 0 heterocycles. The Labute approximate surface area is 160 Å². The van der Waals surface area contributed by atoms with Crippen LogP contribution in [-0.2, 0) is 16.9 Å². The van der Waals surface area contributed by atoms with Gasteiger partial charge in [0.05, 0.1) is 19.3 Å². The van der Waals surface area contributed by atoms with E-state index in [1.807, 2.05) is 84.9 Å². The molecular weight excluding hydrogens is 334 g/mol. The van der Waals surface area contributed by atoms with Crippen LogP contribution < -0.4 is 5.73 Å². The zero-order valence-corrected chi connectivity index (χ0v) is 15.3. The Morgan fingerprint density at radius 1 is 0.889 bits per heavy atom. The lowest BCUT2D eigenvalue weighted by molar-refractivity contribution is 0.00259. The van der Waals surface area contributed by atoms with Gasteiger partial charge in [0, 0.05) is 0 Å². The van der Waals surface area contributed by atoms with Gasteiger partial charge in [0.25, 0.3) is 0 Å². The molecule has 0 bridgehead atoms. The topological polar surface area (TPSA) is 55.5 Å². The molecule has 138 valence electrons. The summed E-state index contributed by atoms with van der Waals surface area (Å²) in [5.41, 5.74) is 8.74. The molecule has 0 fully saturated rings. The molecule has 0 aromatic heterocycles. The summed E-state index contributed by atoms with van der Waals surface area (Å²) in [5.74, 6) is 0. The van der Waals surface area contributed by atoms with Crippen molar-refractivity contribution < 1.29 is 9.84 Å². The van der Waals surface area contributed by atoms with Crippen LogP contribution in [0, 0.1) is 0 Å². The lowest BCUT2D eigenvalue weighted by atomic mass is 9.81. The van der Waals surface area contributed by atoms with Gasteiger partial charge in [-0.15, -0.1) is 0 Å². The molecule has 0 aliphatic rings. The van der Waals surface area contributed by atoms with E-state index in [1.165, 1.54) is 0 Å². The molecule has 0 radical (unpaired) electrons. The van der Waals surface area contributed by atoms with Crippen molar-refractivity contribution in [1.82, 2.24) is 0 Å². The summed E-state index contributed by atoms with van der Waals surface area (Å²) in [6, 6.07) is 26.4. The van der Waals surface area contributed by atoms with Crippen molar-refractivity contribution in [3.8, 4) is 0 Å². The first-order chi connectivity index (χ1) is 13.1. The minimum Gasteiger partial charge on any atom is -0.379 e. The van der Waals surface area contributed by atoms with Gasteiger partial charge in [-0.2, -0.15) is 0 Å². The van der Waals surface area contributed by atoms with E-state index in [1.54, 1.807) is 6.08 Å². The van der Waals surface area contributed by atoms with Crippen LogP contribution in [0.15, 0.2) is 91.5 Å². The number of nitrogens with two attached hydrogens (primary N) is 1. The van der Waals surface area contributed by atoms with Crippen LogP contribution >= 0.6 is 0 Å². The van der Waals surface area contributed by atoms with E-state index in [2.05, 4.69) is 6.58 Å². The number of rotatable bonds is 8. The average Bonchev–Trinajstić information content (AvgIpc) is 2.74. The fourth-order valence-corrected chi connectivity index (χ4v) is 3.15. The van der Waals surface area contributed by atoms with Crippen molar-refractivity contribution in [2.45, 2.75) is 18.2 Å². The third kappa shape index (κ3) is 4.34. The van der Waals surface area contributed by atoms with E-state index in [-0.39, 0.29) is 6.61 Å². The highest BCUT2D eigenvalue weighted by molar-refractivity contribution is 5.47. The molecule has 3 rings (SSSR count). The molecule has 0 amide bonds. The summed E-state index contributed by atoms with van der Waals surface area (Å²) in [7, 11) is 0. The maximum absolute atomic E-state index is 11.6. The molecular formula is C24H25NO2. The van der Waals surface area contributed by atoms with E-state index in [0.29, 0.717) is 6.61 Å². The lowest BCUT2D eigenvalue weighted by Crippen LogP contribution is -2.49. The molecule has 0 aliphatic heterocycles. The Kier molecular flexibility index (Phi) is 6.20. The number of benzene rings is 3. The fraction of sp³-hybridized carbons (Fsp3) is 0.167. The summed E-state index contributed by atoms with van der Waals surface area (Å²) in [4.78, 5) is 0. The molecule has 0 spiro atoms. The highest BCUT2D eigenvalue weighted by Crippen LogP contribution is 2.32. The van der Waals surface area contributed by atoms with Gasteiger partial charge in [-0.05, 0) is 22.3 Å². The molecule has 27 heavy (non-hydrogen) atoms. The van der Waals surface area contributed by atoms with Crippen molar-refractivity contribution in [2.24, 2.45) is 5.73 Å². The number of hydrogen-bond acceptors (Lipinski definition) is 3. The average molecular weight is 359 g/mol. The Morgan fingerprint density at radius 2 is 1.41 bits per heavy atom. The van der Waals surface area contributed by atoms with E-state index >= 15 is 0 Å². The predicted molar refractivity (Wildman–Crippen MR) is 110 cm³/mol. The molecule has 3 aromatic carbocycles. The largest absolute Gasteiger partial charge is 0.379 e. The zero-order chi connectivity index (χ0) is 19.1. The second-order valence-corrected chi connectivity index (χ2v) is 6.57. The van der Waals surface area contributed by atoms with Gasteiger partial charge in [-0.25, -0.2) is 0 Å². The van der Waals surface area contributed by atoms with Gasteiger partial charge in [0.15, 0.2) is 0 Å². The molecule has 3 N–H and O–H groups in total. The van der Waals surface area contributed by atoms with Crippen LogP contribution in [0.3, 0.4) is 0 Å². The summed E-state index contributed by atoms with van der Waals surface area (Å²) in [6.45, 7) is 4.42. The molecule has 3 nitrogen and oxygen atoms in total. The van der Waals surface area contributed by atoms with Crippen molar-refractivity contribution in [1.29, 1.82) is 0 Å². The molecule has 1 atom stereocenters. The Morgan fingerprint density at radius 3 is 1.89 bits per heavy atom. The van der Waals surface area contributed by atoms with Gasteiger partial charge in [-0.1, -0.05) is 97.6 Å². The molecule has 0 saturated carbocycles. The van der Waals surface area contributed by atoms with Gasteiger partial charge in [0.1, 0.15) is 5.60 Å². The Hall–Kier alpha value is -2.72. The lowest BCUT2D eigenvalue weighted by Gasteiger charge is -2.35. The quantitative estimate of drug-likeness (QED) is 0.636. The molecule has 0 aliphatic carbocycles. The summed E-state index contributed by atoms with van der Waals surface area (Å²) < 4.78 is 5.83. The van der Waals surface area contributed by atoms with E-state index in [0.717, 1.165) is 22.3 Å². The molecule has 3 aromatic rings. The zero-order valence-electron chi connectivity index (χ0n) is 15.3. The minimum absolute atomic E-state index is 0.226. The van der Waals surface area contributed by atoms with Crippen LogP contribution in [0.25, 0.3) is 6.08 Å². The monoisotopic (exact) mass is 359 g/mol. The smallest absolute Gasteiger partial charge is 0.132 e. The van der Waals surface area contributed by atoms with Gasteiger partial charge in [0.2, 0.25) is 0 Å². The van der Waals surface area contributed by atoms with E-state index in [9.17, 15) is 5.11 Å². The summed E-state index contributed by atoms with van der Waals surface area (Å²) in [6.07, 6.45) is 1.81. The molecule has 3 heteroatoms.